The van der Waals surface area contributed by atoms with E-state index in [0.29, 0.717) is 31.4 Å². The third-order valence-corrected chi connectivity index (χ3v) is 9.05. The molecule has 2 aromatic heterocycles. The largest absolute Gasteiger partial charge is 0.457 e. The fourth-order valence-electron chi connectivity index (χ4n) is 5.52. The molecule has 2 aliphatic rings. The van der Waals surface area contributed by atoms with E-state index in [2.05, 4.69) is 12.1 Å². The van der Waals surface area contributed by atoms with E-state index in [1.54, 1.807) is 28.8 Å². The topological polar surface area (TPSA) is 90.6 Å². The molecular weight excluding hydrogens is 581 g/mol. The summed E-state index contributed by atoms with van der Waals surface area (Å²) in [4.78, 5) is 30.3. The molecule has 1 atom stereocenters. The van der Waals surface area contributed by atoms with E-state index < -0.39 is 4.92 Å². The molecule has 0 amide bonds. The number of fused-ring (bicyclic) bond motifs is 3. The van der Waals surface area contributed by atoms with Gasteiger partial charge < -0.3 is 4.42 Å². The van der Waals surface area contributed by atoms with Gasteiger partial charge in [0.25, 0.3) is 11.2 Å². The summed E-state index contributed by atoms with van der Waals surface area (Å²) in [6.07, 6.45) is 3.30. The zero-order valence-corrected chi connectivity index (χ0v) is 23.5. The van der Waals surface area contributed by atoms with E-state index in [-0.39, 0.29) is 22.3 Å². The van der Waals surface area contributed by atoms with Crippen LogP contribution in [0.3, 0.4) is 0 Å². The number of nitro benzene ring substituents is 1. The van der Waals surface area contributed by atoms with Gasteiger partial charge in [-0.25, -0.2) is 4.99 Å². The number of aromatic nitrogens is 1. The van der Waals surface area contributed by atoms with Gasteiger partial charge in [0, 0.05) is 28.3 Å². The fourth-order valence-corrected chi connectivity index (χ4v) is 6.92. The van der Waals surface area contributed by atoms with Crippen molar-refractivity contribution >= 4 is 52.0 Å². The predicted molar refractivity (Wildman–Crippen MR) is 160 cm³/mol. The first-order chi connectivity index (χ1) is 19.9. The van der Waals surface area contributed by atoms with Crippen LogP contribution in [-0.2, 0) is 6.42 Å². The third kappa shape index (κ3) is 4.35. The highest BCUT2D eigenvalue weighted by atomic mass is 35.5. The van der Waals surface area contributed by atoms with Crippen molar-refractivity contribution in [2.45, 2.75) is 18.9 Å². The zero-order chi connectivity index (χ0) is 28.2. The summed E-state index contributed by atoms with van der Waals surface area (Å²) in [6, 6.07) is 23.4. The van der Waals surface area contributed by atoms with E-state index in [1.165, 1.54) is 29.0 Å². The molecule has 0 spiro atoms. The molecule has 202 valence electrons. The van der Waals surface area contributed by atoms with Gasteiger partial charge in [-0.2, -0.15) is 0 Å². The van der Waals surface area contributed by atoms with Gasteiger partial charge in [0.05, 0.1) is 21.2 Å². The average molecular weight is 600 g/mol. The van der Waals surface area contributed by atoms with Gasteiger partial charge in [-0.05, 0) is 59.9 Å². The highest BCUT2D eigenvalue weighted by Crippen LogP contribution is 2.42. The fraction of sp³-hybridized carbons (Fsp3) is 0.0968. The van der Waals surface area contributed by atoms with Gasteiger partial charge in [-0.1, -0.05) is 77.0 Å². The third-order valence-electron chi connectivity index (χ3n) is 7.40. The van der Waals surface area contributed by atoms with Crippen molar-refractivity contribution in [3.63, 3.8) is 0 Å². The molecule has 3 aromatic carbocycles. The number of hydrogen-bond acceptors (Lipinski definition) is 6. The summed E-state index contributed by atoms with van der Waals surface area (Å²) in [5.74, 6) is 0.857. The second-order valence-corrected chi connectivity index (χ2v) is 11.6. The lowest BCUT2D eigenvalue weighted by Crippen LogP contribution is -2.38. The molecule has 7 rings (SSSR count). The van der Waals surface area contributed by atoms with Crippen LogP contribution in [0, 0.1) is 10.1 Å². The standard InChI is InChI=1S/C31H19Cl2N3O4S/c32-23-8-4-3-7-21(23)29-22-12-9-17-5-1-2-6-20(17)28(22)34-31-35(29)30(37)27(41-31)16-19-11-14-26(40-19)18-10-13-24(33)25(15-18)36(38)39/h1-8,10-11,13-16,29H,9,12H2/b27-16-/t29-/m0/s1. The van der Waals surface area contributed by atoms with Crippen LogP contribution in [0.2, 0.25) is 10.0 Å². The van der Waals surface area contributed by atoms with Gasteiger partial charge in [0.15, 0.2) is 4.80 Å². The molecule has 0 saturated heterocycles. The van der Waals surface area contributed by atoms with Gasteiger partial charge >= 0.3 is 0 Å². The summed E-state index contributed by atoms with van der Waals surface area (Å²) < 4.78 is 8.17. The van der Waals surface area contributed by atoms with Crippen LogP contribution in [-0.4, -0.2) is 9.49 Å². The molecule has 0 radical (unpaired) electrons. The monoisotopic (exact) mass is 599 g/mol. The van der Waals surface area contributed by atoms with Crippen molar-refractivity contribution in [3.8, 4) is 11.3 Å². The van der Waals surface area contributed by atoms with Gasteiger partial charge in [0.2, 0.25) is 0 Å². The smallest absolute Gasteiger partial charge is 0.288 e. The molecule has 0 N–H and O–H groups in total. The highest BCUT2D eigenvalue weighted by molar-refractivity contribution is 7.07. The zero-order valence-electron chi connectivity index (χ0n) is 21.2. The van der Waals surface area contributed by atoms with Crippen molar-refractivity contribution in [1.82, 2.24) is 4.57 Å². The quantitative estimate of drug-likeness (QED) is 0.168. The van der Waals surface area contributed by atoms with Crippen LogP contribution in [0.25, 0.3) is 23.1 Å². The number of aryl methyl sites for hydroxylation is 1. The van der Waals surface area contributed by atoms with Gasteiger partial charge in [-0.15, -0.1) is 0 Å². The maximum atomic E-state index is 14.0. The molecule has 0 unspecified atom stereocenters. The normalized spacial score (nSPS) is 16.1. The molecule has 1 aliphatic carbocycles. The Morgan fingerprint density at radius 3 is 2.63 bits per heavy atom. The summed E-state index contributed by atoms with van der Waals surface area (Å²) in [5, 5.41) is 12.0. The molecule has 3 heterocycles. The summed E-state index contributed by atoms with van der Waals surface area (Å²) in [5.41, 5.74) is 5.24. The maximum absolute atomic E-state index is 14.0. The number of hydrogen-bond donors (Lipinski definition) is 0. The van der Waals surface area contributed by atoms with Crippen LogP contribution >= 0.6 is 34.5 Å². The van der Waals surface area contributed by atoms with Crippen molar-refractivity contribution < 1.29 is 9.34 Å². The molecule has 0 fully saturated rings. The number of nitrogens with zero attached hydrogens (tertiary/aromatic N) is 3. The Hall–Kier alpha value is -4.24. The number of nitro groups is 1. The minimum Gasteiger partial charge on any atom is -0.457 e. The Kier molecular flexibility index (Phi) is 6.27. The Morgan fingerprint density at radius 1 is 1.00 bits per heavy atom. The summed E-state index contributed by atoms with van der Waals surface area (Å²) in [7, 11) is 0. The second-order valence-electron chi connectivity index (χ2n) is 9.76. The van der Waals surface area contributed by atoms with E-state index in [0.717, 1.165) is 35.2 Å². The number of halogens is 2. The van der Waals surface area contributed by atoms with Crippen LogP contribution in [0.5, 0.6) is 0 Å². The minimum atomic E-state index is -0.538. The van der Waals surface area contributed by atoms with E-state index >= 15 is 0 Å². The first-order valence-electron chi connectivity index (χ1n) is 12.8. The molecule has 10 heteroatoms. The molecule has 0 saturated carbocycles. The van der Waals surface area contributed by atoms with Crippen molar-refractivity contribution in [2.24, 2.45) is 4.99 Å². The van der Waals surface area contributed by atoms with Crippen molar-refractivity contribution in [3.05, 3.63) is 147 Å². The van der Waals surface area contributed by atoms with Crippen molar-refractivity contribution in [2.75, 3.05) is 0 Å². The number of thiazole rings is 1. The van der Waals surface area contributed by atoms with Crippen molar-refractivity contribution in [1.29, 1.82) is 0 Å². The lowest BCUT2D eigenvalue weighted by molar-refractivity contribution is -0.384. The second kappa shape index (κ2) is 9.99. The number of allylic oxidation sites excluding steroid dienone is 1. The lowest BCUT2D eigenvalue weighted by atomic mass is 9.83. The van der Waals surface area contributed by atoms with Crippen LogP contribution < -0.4 is 14.9 Å². The van der Waals surface area contributed by atoms with Gasteiger partial charge in [-0.3, -0.25) is 19.5 Å². The number of furan rings is 1. The van der Waals surface area contributed by atoms with Crippen LogP contribution in [0.4, 0.5) is 5.69 Å². The number of benzene rings is 3. The van der Waals surface area contributed by atoms with Gasteiger partial charge in [0.1, 0.15) is 16.5 Å². The molecule has 41 heavy (non-hydrogen) atoms. The predicted octanol–water partition coefficient (Wildman–Crippen LogP) is 6.79. The first-order valence-corrected chi connectivity index (χ1v) is 14.4. The molecule has 5 aromatic rings. The van der Waals surface area contributed by atoms with Crippen LogP contribution in [0.15, 0.2) is 98.6 Å². The Labute approximate surface area is 247 Å². The number of rotatable bonds is 4. The minimum absolute atomic E-state index is 0.0463. The summed E-state index contributed by atoms with van der Waals surface area (Å²) >= 11 is 14.0. The van der Waals surface area contributed by atoms with Crippen LogP contribution in [0.1, 0.15) is 34.9 Å². The molecule has 1 aliphatic heterocycles. The molecule has 0 bridgehead atoms. The maximum Gasteiger partial charge on any atom is 0.288 e. The van der Waals surface area contributed by atoms with E-state index in [9.17, 15) is 14.9 Å². The summed E-state index contributed by atoms with van der Waals surface area (Å²) in [6.45, 7) is 0. The Balaban J connectivity index is 1.38. The molecule has 7 nitrogen and oxygen atoms in total. The molecular formula is C31H19Cl2N3O4S. The SMILES string of the molecule is O=c1/c(=C/c2ccc(-c3ccc(Cl)c([N+](=O)[O-])c3)o2)sc2n1[C@@H](c1ccccc1Cl)C1=C(N=2)c2ccccc2CC1. The highest BCUT2D eigenvalue weighted by Gasteiger charge is 2.33. The average Bonchev–Trinajstić information content (AvgIpc) is 3.56. The van der Waals surface area contributed by atoms with E-state index in [4.69, 9.17) is 32.6 Å². The van der Waals surface area contributed by atoms with E-state index in [1.807, 2.05) is 36.4 Å². The lowest BCUT2D eigenvalue weighted by Gasteiger charge is -2.31. The Bertz CT molecular complexity index is 2110. The Morgan fingerprint density at radius 2 is 1.80 bits per heavy atom. The first kappa shape index (κ1) is 25.7.